The molecule has 0 saturated carbocycles. The average molecular weight is 250 g/mol. The predicted molar refractivity (Wildman–Crippen MR) is 84.2 cm³/mol. The van der Waals surface area contributed by atoms with E-state index < -0.39 is 0 Å². The van der Waals surface area contributed by atoms with E-state index in [-0.39, 0.29) is 0 Å². The van der Waals surface area contributed by atoms with Crippen LogP contribution < -0.4 is 0 Å². The zero-order chi connectivity index (χ0) is 12.3. The van der Waals surface area contributed by atoms with Crippen molar-refractivity contribution in [1.29, 1.82) is 0 Å². The maximum atomic E-state index is 2.37. The highest BCUT2D eigenvalue weighted by Crippen LogP contribution is 2.22. The normalized spacial score (nSPS) is 20.1. The fourth-order valence-corrected chi connectivity index (χ4v) is 4.18. The van der Waals surface area contributed by atoms with Crippen molar-refractivity contribution in [2.24, 2.45) is 0 Å². The molecule has 0 saturated heterocycles. The Morgan fingerprint density at radius 2 is 1.76 bits per heavy atom. The number of hydrogen-bond donors (Lipinski definition) is 0. The van der Waals surface area contributed by atoms with E-state index in [2.05, 4.69) is 50.3 Å². The number of hydrogen-bond acceptors (Lipinski definition) is 0. The molecule has 0 nitrogen and oxygen atoms in total. The molecular formula is C16H26S. The van der Waals surface area contributed by atoms with Crippen LogP contribution in [0.25, 0.3) is 0 Å². The van der Waals surface area contributed by atoms with Gasteiger partial charge in [0.2, 0.25) is 0 Å². The molecule has 1 heterocycles. The molecule has 0 radical (unpaired) electrons. The number of allylic oxidation sites excluding steroid dienone is 5. The van der Waals surface area contributed by atoms with Crippen LogP contribution in [0.3, 0.4) is 0 Å². The molecule has 0 aromatic rings. The smallest absolute Gasteiger partial charge is 0.00689 e. The van der Waals surface area contributed by atoms with Gasteiger partial charge in [-0.3, -0.25) is 0 Å². The van der Waals surface area contributed by atoms with Crippen molar-refractivity contribution in [1.82, 2.24) is 0 Å². The van der Waals surface area contributed by atoms with E-state index >= 15 is 0 Å². The molecule has 0 fully saturated rings. The summed E-state index contributed by atoms with van der Waals surface area (Å²) in [7, 11) is 0.480. The summed E-state index contributed by atoms with van der Waals surface area (Å²) in [5, 5.41) is 0. The molecule has 0 spiro atoms. The van der Waals surface area contributed by atoms with Crippen LogP contribution >= 0.6 is 10.5 Å². The Hall–Kier alpha value is -0.560. The molecule has 0 aromatic heterocycles. The summed E-state index contributed by atoms with van der Waals surface area (Å²) in [5.41, 5.74) is 0. The topological polar surface area (TPSA) is 0 Å². The van der Waals surface area contributed by atoms with E-state index in [1.807, 2.05) is 0 Å². The molecule has 1 rings (SSSR count). The predicted octanol–water partition coefficient (Wildman–Crippen LogP) is 5.10. The van der Waals surface area contributed by atoms with Gasteiger partial charge in [-0.25, -0.2) is 0 Å². The minimum Gasteiger partial charge on any atom is -0.179 e. The van der Waals surface area contributed by atoms with Gasteiger partial charge >= 0.3 is 0 Å². The molecule has 1 aliphatic rings. The zero-order valence-corrected chi connectivity index (χ0v) is 12.1. The minimum absolute atomic E-state index is 0.480. The van der Waals surface area contributed by atoms with E-state index in [0.717, 1.165) is 0 Å². The van der Waals surface area contributed by atoms with Crippen molar-refractivity contribution in [2.45, 2.75) is 46.0 Å². The van der Waals surface area contributed by atoms with E-state index in [4.69, 9.17) is 0 Å². The van der Waals surface area contributed by atoms with Crippen LogP contribution in [-0.2, 0) is 0 Å². The minimum atomic E-state index is 0.480. The highest BCUT2D eigenvalue weighted by Gasteiger charge is 2.02. The lowest BCUT2D eigenvalue weighted by atomic mass is 10.2. The van der Waals surface area contributed by atoms with Gasteiger partial charge in [0.1, 0.15) is 0 Å². The Labute approximate surface area is 109 Å². The van der Waals surface area contributed by atoms with Crippen molar-refractivity contribution < 1.29 is 0 Å². The van der Waals surface area contributed by atoms with Crippen LogP contribution in [0.2, 0.25) is 0 Å². The van der Waals surface area contributed by atoms with Gasteiger partial charge < -0.3 is 0 Å². The van der Waals surface area contributed by atoms with Crippen LogP contribution in [0.15, 0.2) is 36.5 Å². The SMILES string of the molecule is CCCCC1=S(CCCC)CC=CC=CC=C1. The zero-order valence-electron chi connectivity index (χ0n) is 11.3. The summed E-state index contributed by atoms with van der Waals surface area (Å²) in [4.78, 5) is 1.69. The number of rotatable bonds is 6. The lowest BCUT2D eigenvalue weighted by molar-refractivity contribution is 0.841. The fourth-order valence-electron chi connectivity index (χ4n) is 1.86. The summed E-state index contributed by atoms with van der Waals surface area (Å²) in [6.07, 6.45) is 20.0. The molecule has 0 N–H and O–H groups in total. The Morgan fingerprint density at radius 3 is 2.53 bits per heavy atom. The van der Waals surface area contributed by atoms with Crippen LogP contribution in [0.4, 0.5) is 0 Å². The second kappa shape index (κ2) is 9.47. The molecule has 0 aliphatic carbocycles. The summed E-state index contributed by atoms with van der Waals surface area (Å²) in [6, 6.07) is 0. The van der Waals surface area contributed by atoms with Gasteiger partial charge in [0.05, 0.1) is 0 Å². The first kappa shape index (κ1) is 14.5. The Kier molecular flexibility index (Phi) is 8.08. The van der Waals surface area contributed by atoms with Crippen molar-refractivity contribution in [2.75, 3.05) is 11.5 Å². The summed E-state index contributed by atoms with van der Waals surface area (Å²) in [6.45, 7) is 4.57. The molecule has 1 heteroatoms. The van der Waals surface area contributed by atoms with Crippen molar-refractivity contribution >= 4 is 15.3 Å². The third kappa shape index (κ3) is 6.07. The van der Waals surface area contributed by atoms with Crippen LogP contribution in [-0.4, -0.2) is 16.4 Å². The van der Waals surface area contributed by atoms with Crippen LogP contribution in [0, 0.1) is 0 Å². The quantitative estimate of drug-likeness (QED) is 0.575. The molecule has 1 atom stereocenters. The number of unbranched alkanes of at least 4 members (excludes halogenated alkanes) is 2. The monoisotopic (exact) mass is 250 g/mol. The third-order valence-electron chi connectivity index (χ3n) is 2.94. The van der Waals surface area contributed by atoms with Gasteiger partial charge in [-0.2, -0.15) is 10.5 Å². The average Bonchev–Trinajstić information content (AvgIpc) is 2.46. The summed E-state index contributed by atoms with van der Waals surface area (Å²) in [5.74, 6) is 2.62. The second-order valence-corrected chi connectivity index (χ2v) is 6.71. The van der Waals surface area contributed by atoms with E-state index in [0.29, 0.717) is 10.5 Å². The van der Waals surface area contributed by atoms with Gasteiger partial charge in [0.25, 0.3) is 0 Å². The van der Waals surface area contributed by atoms with Gasteiger partial charge in [-0.15, -0.1) is 0 Å². The second-order valence-electron chi connectivity index (χ2n) is 4.46. The molecule has 17 heavy (non-hydrogen) atoms. The molecular weight excluding hydrogens is 224 g/mol. The maximum Gasteiger partial charge on any atom is 0.00689 e. The molecule has 0 aromatic carbocycles. The van der Waals surface area contributed by atoms with Crippen molar-refractivity contribution in [3.63, 3.8) is 0 Å². The van der Waals surface area contributed by atoms with Crippen molar-refractivity contribution in [3.05, 3.63) is 36.5 Å². The first-order valence-electron chi connectivity index (χ1n) is 6.91. The Morgan fingerprint density at radius 1 is 1.00 bits per heavy atom. The summed E-state index contributed by atoms with van der Waals surface area (Å²) < 4.78 is 0. The van der Waals surface area contributed by atoms with Crippen molar-refractivity contribution in [3.8, 4) is 0 Å². The standard InChI is InChI=1S/C16H26S/c1-3-5-12-16-13-10-8-7-9-11-15-17(16)14-6-4-2/h7-11,13H,3-6,12,14-15H2,1-2H3. The van der Waals surface area contributed by atoms with Crippen LogP contribution in [0.5, 0.6) is 0 Å². The molecule has 0 bridgehead atoms. The lowest BCUT2D eigenvalue weighted by Crippen LogP contribution is -1.99. The van der Waals surface area contributed by atoms with E-state index in [1.165, 1.54) is 43.6 Å². The van der Waals surface area contributed by atoms with E-state index in [9.17, 15) is 0 Å². The molecule has 0 amide bonds. The highest BCUT2D eigenvalue weighted by atomic mass is 32.2. The Bertz CT molecular complexity index is 318. The first-order valence-corrected chi connectivity index (χ1v) is 8.48. The Balaban J connectivity index is 2.80. The molecule has 1 unspecified atom stereocenters. The van der Waals surface area contributed by atoms with Gasteiger partial charge in [-0.1, -0.05) is 63.1 Å². The molecule has 96 valence electrons. The van der Waals surface area contributed by atoms with Gasteiger partial charge in [-0.05, 0) is 29.9 Å². The molecule has 1 aliphatic heterocycles. The van der Waals surface area contributed by atoms with Gasteiger partial charge in [0, 0.05) is 5.75 Å². The lowest BCUT2D eigenvalue weighted by Gasteiger charge is -2.12. The maximum absolute atomic E-state index is 2.37. The van der Waals surface area contributed by atoms with Gasteiger partial charge in [0.15, 0.2) is 0 Å². The highest BCUT2D eigenvalue weighted by molar-refractivity contribution is 8.16. The third-order valence-corrected chi connectivity index (χ3v) is 5.40. The summed E-state index contributed by atoms with van der Waals surface area (Å²) >= 11 is 0. The largest absolute Gasteiger partial charge is 0.179 e. The van der Waals surface area contributed by atoms with Crippen LogP contribution in [0.1, 0.15) is 46.0 Å². The fraction of sp³-hybridized carbons (Fsp3) is 0.562. The van der Waals surface area contributed by atoms with E-state index in [1.54, 1.807) is 4.86 Å². The first-order chi connectivity index (χ1) is 8.38.